The molecule has 0 amide bonds. The normalized spacial score (nSPS) is 13.0. The third kappa shape index (κ3) is 64.4. The molecule has 0 aliphatic rings. The van der Waals surface area contributed by atoms with Gasteiger partial charge in [0.1, 0.15) is 13.2 Å². The molecule has 0 spiro atoms. The van der Waals surface area contributed by atoms with Crippen molar-refractivity contribution < 1.29 is 28.6 Å². The fourth-order valence-electron chi connectivity index (χ4n) is 8.95. The Morgan fingerprint density at radius 2 is 0.500 bits per heavy atom. The van der Waals surface area contributed by atoms with Gasteiger partial charge in [-0.2, -0.15) is 0 Å². The number of hydrogen-bond donors (Lipinski definition) is 0. The SMILES string of the molecule is CC/C=C\C/C=C\C/C=C\C/C=C\C/C=C\C/C=C\C/C=C\C/C=C\C/C=C\CCCC(=O)OCC(COC(=O)CCCCCCC/C=C\C/C=C\CCCCC)OC(=O)CCCCCCCCCCCCCCCCCCCC. The van der Waals surface area contributed by atoms with Gasteiger partial charge in [-0.1, -0.05) is 296 Å². The maximum atomic E-state index is 12.9. The van der Waals surface area contributed by atoms with Gasteiger partial charge in [0, 0.05) is 19.3 Å². The molecule has 0 saturated heterocycles. The van der Waals surface area contributed by atoms with E-state index in [1.807, 2.05) is 0 Å². The molecule has 0 fully saturated rings. The highest BCUT2D eigenvalue weighted by atomic mass is 16.6. The minimum Gasteiger partial charge on any atom is -0.462 e. The number of hydrogen-bond acceptors (Lipinski definition) is 6. The van der Waals surface area contributed by atoms with Crippen molar-refractivity contribution >= 4 is 17.9 Å². The maximum absolute atomic E-state index is 12.9. The number of esters is 3. The Labute approximate surface area is 494 Å². The second-order valence-corrected chi connectivity index (χ2v) is 21.6. The topological polar surface area (TPSA) is 78.9 Å². The lowest BCUT2D eigenvalue weighted by Crippen LogP contribution is -2.30. The van der Waals surface area contributed by atoms with Crippen LogP contribution in [-0.2, 0) is 28.6 Å². The van der Waals surface area contributed by atoms with E-state index in [1.54, 1.807) is 0 Å². The smallest absolute Gasteiger partial charge is 0.306 e. The first-order chi connectivity index (χ1) is 39.5. The molecule has 80 heavy (non-hydrogen) atoms. The van der Waals surface area contributed by atoms with E-state index in [0.29, 0.717) is 19.3 Å². The van der Waals surface area contributed by atoms with E-state index in [1.165, 1.54) is 122 Å². The first-order valence-electron chi connectivity index (χ1n) is 33.2. The standard InChI is InChI=1S/C74H122O6/c1-4-7-10-13-16-19-22-25-28-30-32-33-34-35-36-37-38-39-40-41-42-44-46-49-52-55-58-61-64-67-73(76)79-70-71(69-78-72(75)66-63-60-57-54-51-48-45-27-24-21-18-15-12-9-6-3)80-74(77)68-65-62-59-56-53-50-47-43-31-29-26-23-20-17-14-11-8-5-2/h7,10,16,18-19,21,25,27-28,32-33,35-36,38-39,41-42,45-46,49,55,58,71H,4-6,8-9,11-15,17,20,22-24,26,29-31,34,37,40,43-44,47-48,50-54,56-57,59-70H2,1-3H3/b10-7-,19-16-,21-18-,28-25-,33-32-,36-35-,39-38-,42-41-,45-27-,49-46-,58-55-. The average molecular weight is 1110 g/mol. The fourth-order valence-corrected chi connectivity index (χ4v) is 8.95. The van der Waals surface area contributed by atoms with Gasteiger partial charge in [-0.3, -0.25) is 14.4 Å². The molecule has 0 aliphatic carbocycles. The van der Waals surface area contributed by atoms with Gasteiger partial charge in [-0.15, -0.1) is 0 Å². The van der Waals surface area contributed by atoms with Gasteiger partial charge in [0.05, 0.1) is 0 Å². The molecule has 0 rings (SSSR count). The molecule has 0 bridgehead atoms. The van der Waals surface area contributed by atoms with Crippen LogP contribution in [0.15, 0.2) is 134 Å². The zero-order valence-corrected chi connectivity index (χ0v) is 52.0. The Kier molecular flexibility index (Phi) is 63.3. The van der Waals surface area contributed by atoms with E-state index < -0.39 is 6.10 Å². The molecule has 0 saturated carbocycles. The Bertz CT molecular complexity index is 1700. The Balaban J connectivity index is 4.46. The molecule has 0 aromatic carbocycles. The molecule has 0 aromatic heterocycles. The second-order valence-electron chi connectivity index (χ2n) is 21.6. The van der Waals surface area contributed by atoms with Gasteiger partial charge < -0.3 is 14.2 Å². The minimum atomic E-state index is -0.811. The Hall–Kier alpha value is -4.45. The summed E-state index contributed by atoms with van der Waals surface area (Å²) in [6, 6.07) is 0. The summed E-state index contributed by atoms with van der Waals surface area (Å²) in [7, 11) is 0. The zero-order valence-electron chi connectivity index (χ0n) is 52.0. The van der Waals surface area contributed by atoms with Gasteiger partial charge >= 0.3 is 17.9 Å². The monoisotopic (exact) mass is 1110 g/mol. The predicted molar refractivity (Wildman–Crippen MR) is 348 cm³/mol. The Morgan fingerprint density at radius 1 is 0.263 bits per heavy atom. The summed E-state index contributed by atoms with van der Waals surface area (Å²) < 4.78 is 16.9. The van der Waals surface area contributed by atoms with Gasteiger partial charge in [0.25, 0.3) is 0 Å². The number of allylic oxidation sites excluding steroid dienone is 22. The summed E-state index contributed by atoms with van der Waals surface area (Å²) in [4.78, 5) is 38.3. The molecule has 6 heteroatoms. The van der Waals surface area contributed by atoms with Crippen molar-refractivity contribution in [3.8, 4) is 0 Å². The van der Waals surface area contributed by atoms with E-state index in [2.05, 4.69) is 154 Å². The lowest BCUT2D eigenvalue weighted by atomic mass is 10.0. The van der Waals surface area contributed by atoms with Crippen LogP contribution in [0.3, 0.4) is 0 Å². The lowest BCUT2D eigenvalue weighted by molar-refractivity contribution is -0.167. The quantitative estimate of drug-likeness (QED) is 0.0261. The van der Waals surface area contributed by atoms with Crippen LogP contribution in [0.1, 0.15) is 297 Å². The second kappa shape index (κ2) is 67.1. The van der Waals surface area contributed by atoms with Crippen LogP contribution in [0, 0.1) is 0 Å². The van der Waals surface area contributed by atoms with Crippen LogP contribution in [0.25, 0.3) is 0 Å². The Morgan fingerprint density at radius 3 is 0.838 bits per heavy atom. The van der Waals surface area contributed by atoms with E-state index in [9.17, 15) is 14.4 Å². The van der Waals surface area contributed by atoms with Crippen molar-refractivity contribution in [1.29, 1.82) is 0 Å². The van der Waals surface area contributed by atoms with Gasteiger partial charge in [-0.05, 0) is 116 Å². The first-order valence-corrected chi connectivity index (χ1v) is 33.2. The number of carbonyl (C=O) groups is 3. The van der Waals surface area contributed by atoms with Crippen molar-refractivity contribution in [1.82, 2.24) is 0 Å². The molecule has 0 heterocycles. The highest BCUT2D eigenvalue weighted by Crippen LogP contribution is 2.16. The zero-order chi connectivity index (χ0) is 57.8. The van der Waals surface area contributed by atoms with E-state index >= 15 is 0 Å². The van der Waals surface area contributed by atoms with Crippen LogP contribution < -0.4 is 0 Å². The number of ether oxygens (including phenoxy) is 3. The summed E-state index contributed by atoms with van der Waals surface area (Å²) in [6.07, 6.45) is 94.6. The van der Waals surface area contributed by atoms with Crippen molar-refractivity contribution in [2.45, 2.75) is 303 Å². The summed E-state index contributed by atoms with van der Waals surface area (Å²) in [6.45, 7) is 6.46. The van der Waals surface area contributed by atoms with Crippen molar-refractivity contribution in [3.05, 3.63) is 134 Å². The predicted octanol–water partition coefficient (Wildman–Crippen LogP) is 22.9. The molecule has 0 aliphatic heterocycles. The molecule has 0 N–H and O–H groups in total. The van der Waals surface area contributed by atoms with Gasteiger partial charge in [-0.25, -0.2) is 0 Å². The molecule has 1 atom stereocenters. The van der Waals surface area contributed by atoms with E-state index in [-0.39, 0.29) is 37.5 Å². The number of unbranched alkanes of at least 4 members (excludes halogenated alkanes) is 26. The van der Waals surface area contributed by atoms with Gasteiger partial charge in [0.2, 0.25) is 0 Å². The minimum absolute atomic E-state index is 0.104. The first kappa shape index (κ1) is 75.5. The van der Waals surface area contributed by atoms with Crippen molar-refractivity contribution in [2.75, 3.05) is 13.2 Å². The molecule has 1 unspecified atom stereocenters. The molecule has 0 radical (unpaired) electrons. The molecular formula is C74H122O6. The highest BCUT2D eigenvalue weighted by molar-refractivity contribution is 5.71. The highest BCUT2D eigenvalue weighted by Gasteiger charge is 2.19. The fraction of sp³-hybridized carbons (Fsp3) is 0.662. The molecule has 0 aromatic rings. The largest absolute Gasteiger partial charge is 0.462 e. The summed E-state index contributed by atoms with van der Waals surface area (Å²) >= 11 is 0. The third-order valence-corrected chi connectivity index (χ3v) is 13.9. The number of rotatable bonds is 59. The van der Waals surface area contributed by atoms with Crippen LogP contribution in [-0.4, -0.2) is 37.2 Å². The maximum Gasteiger partial charge on any atom is 0.306 e. The van der Waals surface area contributed by atoms with Crippen LogP contribution in [0.4, 0.5) is 0 Å². The summed E-state index contributed by atoms with van der Waals surface area (Å²) in [5, 5.41) is 0. The van der Waals surface area contributed by atoms with Crippen molar-refractivity contribution in [3.63, 3.8) is 0 Å². The molecule has 6 nitrogen and oxygen atoms in total. The lowest BCUT2D eigenvalue weighted by Gasteiger charge is -2.18. The third-order valence-electron chi connectivity index (χ3n) is 13.9. The van der Waals surface area contributed by atoms with Crippen LogP contribution in [0.5, 0.6) is 0 Å². The van der Waals surface area contributed by atoms with Crippen LogP contribution in [0.2, 0.25) is 0 Å². The average Bonchev–Trinajstić information content (AvgIpc) is 3.46. The van der Waals surface area contributed by atoms with Crippen molar-refractivity contribution in [2.24, 2.45) is 0 Å². The van der Waals surface area contributed by atoms with E-state index in [0.717, 1.165) is 128 Å². The van der Waals surface area contributed by atoms with Crippen LogP contribution >= 0.6 is 0 Å². The molecule has 454 valence electrons. The molecular weight excluding hydrogens is 985 g/mol. The number of carbonyl (C=O) groups excluding carboxylic acids is 3. The van der Waals surface area contributed by atoms with Gasteiger partial charge in [0.15, 0.2) is 6.10 Å². The van der Waals surface area contributed by atoms with E-state index in [4.69, 9.17) is 14.2 Å². The summed E-state index contributed by atoms with van der Waals surface area (Å²) in [5.74, 6) is -0.972. The summed E-state index contributed by atoms with van der Waals surface area (Å²) in [5.41, 5.74) is 0.